The predicted octanol–water partition coefficient (Wildman–Crippen LogP) is 4.56. The maximum absolute atomic E-state index is 12.6. The second kappa shape index (κ2) is 6.44. The summed E-state index contributed by atoms with van der Waals surface area (Å²) in [4.78, 5) is 12.6. The van der Waals surface area contributed by atoms with Crippen molar-refractivity contribution in [1.29, 1.82) is 0 Å². The summed E-state index contributed by atoms with van der Waals surface area (Å²) in [5.41, 5.74) is 2.99. The van der Waals surface area contributed by atoms with Crippen molar-refractivity contribution in [3.8, 4) is 5.75 Å². The zero-order valence-electron chi connectivity index (χ0n) is 14.3. The number of phenols is 1. The van der Waals surface area contributed by atoms with Gasteiger partial charge in [0.25, 0.3) is 0 Å². The molecule has 0 radical (unpaired) electrons. The second-order valence-corrected chi connectivity index (χ2v) is 6.00. The monoisotopic (exact) mass is 332 g/mol. The molecule has 1 N–H and O–H groups in total. The van der Waals surface area contributed by atoms with Crippen LogP contribution in [0.25, 0.3) is 0 Å². The van der Waals surface area contributed by atoms with Crippen LogP contribution < -0.4 is 0 Å². The molecule has 0 amide bonds. The Morgan fingerprint density at radius 1 is 1.04 bits per heavy atom. The van der Waals surface area contributed by atoms with Gasteiger partial charge in [-0.1, -0.05) is 60.7 Å². The van der Waals surface area contributed by atoms with Crippen LogP contribution in [-0.4, -0.2) is 11.1 Å². The van der Waals surface area contributed by atoms with E-state index in [-0.39, 0.29) is 11.7 Å². The Morgan fingerprint density at radius 2 is 1.60 bits per heavy atom. The molecule has 0 aromatic heterocycles. The lowest BCUT2D eigenvalue weighted by Crippen LogP contribution is -2.29. The molecule has 126 valence electrons. The number of hydrogen-bond acceptors (Lipinski definition) is 3. The molecule has 25 heavy (non-hydrogen) atoms. The lowest BCUT2D eigenvalue weighted by atomic mass is 9.78. The lowest BCUT2D eigenvalue weighted by Gasteiger charge is -2.30. The number of phenolic OH excluding ortho intramolecular Hbond substituents is 1. The number of esters is 1. The minimum Gasteiger partial charge on any atom is -0.508 e. The lowest BCUT2D eigenvalue weighted by molar-refractivity contribution is -0.143. The van der Waals surface area contributed by atoms with Crippen LogP contribution in [-0.2, 0) is 15.1 Å². The normalized spacial score (nSPS) is 23.0. The highest BCUT2D eigenvalue weighted by molar-refractivity contribution is 5.99. The SMILES string of the molecule is C=CC=C1C(=O)OC(c2ccc(C)cc2)(c2ccc(O)cc2)C1=CC. The Balaban J connectivity index is 2.32. The molecule has 1 saturated heterocycles. The highest BCUT2D eigenvalue weighted by Crippen LogP contribution is 2.49. The van der Waals surface area contributed by atoms with Crippen LogP contribution in [0.1, 0.15) is 23.6 Å². The Bertz CT molecular complexity index is 823. The smallest absolute Gasteiger partial charge is 0.340 e. The van der Waals surface area contributed by atoms with Crippen LogP contribution >= 0.6 is 0 Å². The predicted molar refractivity (Wildman–Crippen MR) is 98.2 cm³/mol. The molecule has 3 nitrogen and oxygen atoms in total. The van der Waals surface area contributed by atoms with E-state index in [0.717, 1.165) is 22.3 Å². The molecule has 1 fully saturated rings. The number of aromatic hydroxyl groups is 1. The van der Waals surface area contributed by atoms with Gasteiger partial charge in [0.2, 0.25) is 0 Å². The number of allylic oxidation sites excluding steroid dienone is 3. The molecule has 1 unspecified atom stereocenters. The van der Waals surface area contributed by atoms with Crippen LogP contribution in [0.15, 0.2) is 84.5 Å². The Hall–Kier alpha value is -3.07. The number of carbonyl (C=O) groups is 1. The summed E-state index contributed by atoms with van der Waals surface area (Å²) in [6.45, 7) is 7.60. The standard InChI is InChI=1S/C22H20O3/c1-4-6-19-20(5-2)22(25-21(19)24,16-9-7-15(3)8-10-16)17-11-13-18(23)14-12-17/h4-14,23H,1H2,2-3H3. The fourth-order valence-corrected chi connectivity index (χ4v) is 3.26. The topological polar surface area (TPSA) is 46.5 Å². The van der Waals surface area contributed by atoms with E-state index in [2.05, 4.69) is 6.58 Å². The van der Waals surface area contributed by atoms with Gasteiger partial charge in [-0.05, 0) is 32.1 Å². The zero-order chi connectivity index (χ0) is 18.0. The Morgan fingerprint density at radius 3 is 2.12 bits per heavy atom. The molecule has 2 aromatic carbocycles. The number of carbonyl (C=O) groups excluding carboxylic acids is 1. The van der Waals surface area contributed by atoms with Gasteiger partial charge in [-0.2, -0.15) is 0 Å². The number of cyclic esters (lactones) is 1. The molecule has 3 heteroatoms. The van der Waals surface area contributed by atoms with E-state index in [1.807, 2.05) is 44.2 Å². The molecular weight excluding hydrogens is 312 g/mol. The van der Waals surface area contributed by atoms with Gasteiger partial charge >= 0.3 is 5.97 Å². The molecule has 0 saturated carbocycles. The third kappa shape index (κ3) is 2.68. The fourth-order valence-electron chi connectivity index (χ4n) is 3.26. The van der Waals surface area contributed by atoms with Crippen LogP contribution in [0.3, 0.4) is 0 Å². The first kappa shape index (κ1) is 16.8. The van der Waals surface area contributed by atoms with Crippen molar-refractivity contribution in [2.45, 2.75) is 19.4 Å². The molecule has 0 bridgehead atoms. The van der Waals surface area contributed by atoms with E-state index in [0.29, 0.717) is 5.57 Å². The quantitative estimate of drug-likeness (QED) is 0.662. The van der Waals surface area contributed by atoms with E-state index in [9.17, 15) is 9.90 Å². The zero-order valence-corrected chi connectivity index (χ0v) is 14.3. The summed E-state index contributed by atoms with van der Waals surface area (Å²) in [5, 5.41) is 9.65. The van der Waals surface area contributed by atoms with Gasteiger partial charge in [0, 0.05) is 16.7 Å². The van der Waals surface area contributed by atoms with Crippen molar-refractivity contribution in [2.75, 3.05) is 0 Å². The summed E-state index contributed by atoms with van der Waals surface area (Å²) < 4.78 is 5.96. The third-order valence-corrected chi connectivity index (χ3v) is 4.44. The first-order valence-electron chi connectivity index (χ1n) is 8.12. The first-order chi connectivity index (χ1) is 12.0. The van der Waals surface area contributed by atoms with Gasteiger partial charge in [-0.3, -0.25) is 0 Å². The third-order valence-electron chi connectivity index (χ3n) is 4.44. The molecule has 2 aromatic rings. The highest BCUT2D eigenvalue weighted by atomic mass is 16.6. The minimum absolute atomic E-state index is 0.163. The maximum atomic E-state index is 12.6. The molecule has 1 aliphatic rings. The van der Waals surface area contributed by atoms with Crippen LogP contribution in [0.5, 0.6) is 5.75 Å². The number of benzene rings is 2. The molecule has 1 atom stereocenters. The van der Waals surface area contributed by atoms with Crippen molar-refractivity contribution in [3.05, 3.63) is 101 Å². The fraction of sp³-hybridized carbons (Fsp3) is 0.136. The summed E-state index contributed by atoms with van der Waals surface area (Å²) in [6.07, 6.45) is 5.16. The Kier molecular flexibility index (Phi) is 4.32. The average Bonchev–Trinajstić information content (AvgIpc) is 2.89. The van der Waals surface area contributed by atoms with Crippen molar-refractivity contribution >= 4 is 5.97 Å². The molecule has 1 heterocycles. The number of hydrogen-bond donors (Lipinski definition) is 1. The van der Waals surface area contributed by atoms with E-state index >= 15 is 0 Å². The Labute approximate surface area is 147 Å². The van der Waals surface area contributed by atoms with E-state index in [4.69, 9.17) is 4.74 Å². The molecule has 1 aliphatic heterocycles. The summed E-state index contributed by atoms with van der Waals surface area (Å²) >= 11 is 0. The highest BCUT2D eigenvalue weighted by Gasteiger charge is 2.50. The van der Waals surface area contributed by atoms with Gasteiger partial charge in [0.05, 0.1) is 5.57 Å². The average molecular weight is 332 g/mol. The molecule has 3 rings (SSSR count). The van der Waals surface area contributed by atoms with E-state index in [1.165, 1.54) is 0 Å². The van der Waals surface area contributed by atoms with Gasteiger partial charge < -0.3 is 9.84 Å². The van der Waals surface area contributed by atoms with Gasteiger partial charge in [-0.15, -0.1) is 0 Å². The summed E-state index contributed by atoms with van der Waals surface area (Å²) in [7, 11) is 0. The van der Waals surface area contributed by atoms with Gasteiger partial charge in [0.15, 0.2) is 5.60 Å². The van der Waals surface area contributed by atoms with Crippen LogP contribution in [0.2, 0.25) is 0 Å². The second-order valence-electron chi connectivity index (χ2n) is 6.00. The largest absolute Gasteiger partial charge is 0.508 e. The number of rotatable bonds is 3. The molecule has 0 aliphatic carbocycles. The van der Waals surface area contributed by atoms with Crippen molar-refractivity contribution in [2.24, 2.45) is 0 Å². The first-order valence-corrected chi connectivity index (χ1v) is 8.12. The summed E-state index contributed by atoms with van der Waals surface area (Å²) in [5.74, 6) is -0.224. The number of aryl methyl sites for hydroxylation is 1. The minimum atomic E-state index is -1.04. The van der Waals surface area contributed by atoms with Gasteiger partial charge in [-0.25, -0.2) is 4.79 Å². The molecular formula is C22H20O3. The van der Waals surface area contributed by atoms with Crippen molar-refractivity contribution in [1.82, 2.24) is 0 Å². The molecule has 0 spiro atoms. The van der Waals surface area contributed by atoms with Crippen molar-refractivity contribution < 1.29 is 14.6 Å². The van der Waals surface area contributed by atoms with Crippen LogP contribution in [0.4, 0.5) is 0 Å². The van der Waals surface area contributed by atoms with Crippen LogP contribution in [0, 0.1) is 6.92 Å². The van der Waals surface area contributed by atoms with E-state index < -0.39 is 5.60 Å². The van der Waals surface area contributed by atoms with Gasteiger partial charge in [0.1, 0.15) is 5.75 Å². The maximum Gasteiger partial charge on any atom is 0.340 e. The van der Waals surface area contributed by atoms with Crippen molar-refractivity contribution in [3.63, 3.8) is 0 Å². The van der Waals surface area contributed by atoms with E-state index in [1.54, 1.807) is 36.4 Å². The summed E-state index contributed by atoms with van der Waals surface area (Å²) in [6, 6.07) is 14.7. The number of ether oxygens (including phenoxy) is 1.